The van der Waals surface area contributed by atoms with Crippen LogP contribution in [0.25, 0.3) is 0 Å². The highest BCUT2D eigenvalue weighted by Gasteiger charge is 2.48. The molecule has 1 aromatic carbocycles. The minimum atomic E-state index is -4.28. The van der Waals surface area contributed by atoms with Gasteiger partial charge in [0.25, 0.3) is 5.69 Å². The Kier molecular flexibility index (Phi) is 3.91. The van der Waals surface area contributed by atoms with Gasteiger partial charge in [0.1, 0.15) is 10.4 Å². The number of sulfonamides is 1. The molecule has 0 atom stereocenters. The van der Waals surface area contributed by atoms with Gasteiger partial charge in [-0.05, 0) is 25.3 Å². The van der Waals surface area contributed by atoms with E-state index in [1.165, 1.54) is 0 Å². The summed E-state index contributed by atoms with van der Waals surface area (Å²) in [6, 6.07) is 2.96. The van der Waals surface area contributed by atoms with Crippen molar-refractivity contribution < 1.29 is 23.2 Å². The SMILES string of the molecule is O=C(O)C1(NS(=O)(=O)c2cc([N+](=O)[O-])ccc2Cl)CCC1. The van der Waals surface area contributed by atoms with E-state index < -0.39 is 37.0 Å². The largest absolute Gasteiger partial charge is 0.480 e. The zero-order chi connectivity index (χ0) is 15.8. The van der Waals surface area contributed by atoms with Crippen LogP contribution in [0.15, 0.2) is 23.1 Å². The molecule has 1 fully saturated rings. The predicted molar refractivity (Wildman–Crippen MR) is 72.6 cm³/mol. The maximum absolute atomic E-state index is 12.3. The van der Waals surface area contributed by atoms with Gasteiger partial charge in [-0.3, -0.25) is 14.9 Å². The Bertz CT molecular complexity index is 713. The molecule has 21 heavy (non-hydrogen) atoms. The molecule has 0 heterocycles. The lowest BCUT2D eigenvalue weighted by Gasteiger charge is -2.37. The minimum Gasteiger partial charge on any atom is -0.480 e. The zero-order valence-corrected chi connectivity index (χ0v) is 12.1. The number of nitrogens with zero attached hydrogens (tertiary/aromatic N) is 1. The molecule has 2 N–H and O–H groups in total. The normalized spacial score (nSPS) is 17.0. The van der Waals surface area contributed by atoms with E-state index in [4.69, 9.17) is 16.7 Å². The monoisotopic (exact) mass is 334 g/mol. The van der Waals surface area contributed by atoms with E-state index in [-0.39, 0.29) is 17.9 Å². The number of carbonyl (C=O) groups is 1. The molecule has 8 nitrogen and oxygen atoms in total. The number of carboxylic acids is 1. The summed E-state index contributed by atoms with van der Waals surface area (Å²) in [6.45, 7) is 0. The van der Waals surface area contributed by atoms with Gasteiger partial charge in [-0.25, -0.2) is 8.42 Å². The summed E-state index contributed by atoms with van der Waals surface area (Å²) in [6.07, 6.45) is 0.902. The van der Waals surface area contributed by atoms with Crippen LogP contribution in [0.4, 0.5) is 5.69 Å². The Balaban J connectivity index is 2.42. The molecule has 0 radical (unpaired) electrons. The summed E-state index contributed by atoms with van der Waals surface area (Å²) in [5, 5.41) is 19.6. The fourth-order valence-electron chi connectivity index (χ4n) is 2.01. The smallest absolute Gasteiger partial charge is 0.324 e. The Hall–Kier alpha value is -1.71. The standard InChI is InChI=1S/C11H11ClN2O6S/c12-8-3-2-7(14(17)18)6-9(8)21(19,20)13-11(10(15)16)4-1-5-11/h2-3,6,13H,1,4-5H2,(H,15,16). The fourth-order valence-corrected chi connectivity index (χ4v) is 3.95. The van der Waals surface area contributed by atoms with Gasteiger partial charge in [-0.2, -0.15) is 4.72 Å². The minimum absolute atomic E-state index is 0.161. The van der Waals surface area contributed by atoms with Gasteiger partial charge in [0.15, 0.2) is 0 Å². The number of aliphatic carboxylic acids is 1. The number of nitro groups is 1. The molecule has 2 rings (SSSR count). The van der Waals surface area contributed by atoms with Crippen molar-refractivity contribution in [2.24, 2.45) is 0 Å². The van der Waals surface area contributed by atoms with E-state index >= 15 is 0 Å². The third kappa shape index (κ3) is 2.85. The second-order valence-corrected chi connectivity index (χ2v) is 6.78. The first-order valence-corrected chi connectivity index (χ1v) is 7.75. The maximum Gasteiger partial charge on any atom is 0.324 e. The average molecular weight is 335 g/mol. The van der Waals surface area contributed by atoms with E-state index in [0.29, 0.717) is 6.42 Å². The number of hydrogen-bond acceptors (Lipinski definition) is 5. The molecule has 1 aliphatic rings. The van der Waals surface area contributed by atoms with Crippen LogP contribution in [0.3, 0.4) is 0 Å². The summed E-state index contributed by atoms with van der Waals surface area (Å²) >= 11 is 5.77. The van der Waals surface area contributed by atoms with Crippen LogP contribution in [0.5, 0.6) is 0 Å². The molecular formula is C11H11ClN2O6S. The van der Waals surface area contributed by atoms with Crippen molar-refractivity contribution in [3.63, 3.8) is 0 Å². The molecule has 0 aromatic heterocycles. The first-order chi connectivity index (χ1) is 9.68. The molecule has 0 saturated heterocycles. The van der Waals surface area contributed by atoms with Crippen LogP contribution < -0.4 is 4.72 Å². The molecular weight excluding hydrogens is 324 g/mol. The van der Waals surface area contributed by atoms with Crippen LogP contribution in [0, 0.1) is 10.1 Å². The van der Waals surface area contributed by atoms with Gasteiger partial charge in [0.05, 0.1) is 9.95 Å². The van der Waals surface area contributed by atoms with Crippen LogP contribution in [-0.2, 0) is 14.8 Å². The predicted octanol–water partition coefficient (Wildman–Crippen LogP) is 1.53. The fraction of sp³-hybridized carbons (Fsp3) is 0.364. The Morgan fingerprint density at radius 2 is 2.05 bits per heavy atom. The number of hydrogen-bond donors (Lipinski definition) is 2. The molecule has 0 aliphatic heterocycles. The number of benzene rings is 1. The van der Waals surface area contributed by atoms with E-state index in [0.717, 1.165) is 18.2 Å². The highest BCUT2D eigenvalue weighted by Crippen LogP contribution is 2.35. The zero-order valence-electron chi connectivity index (χ0n) is 10.6. The Morgan fingerprint density at radius 1 is 1.43 bits per heavy atom. The molecule has 0 amide bonds. The van der Waals surface area contributed by atoms with Crippen LogP contribution in [0.2, 0.25) is 5.02 Å². The van der Waals surface area contributed by atoms with Gasteiger partial charge in [0.2, 0.25) is 10.0 Å². The van der Waals surface area contributed by atoms with Crippen LogP contribution >= 0.6 is 11.6 Å². The quantitative estimate of drug-likeness (QED) is 0.621. The second-order valence-electron chi connectivity index (χ2n) is 4.72. The topological polar surface area (TPSA) is 127 Å². The second kappa shape index (κ2) is 5.24. The first-order valence-electron chi connectivity index (χ1n) is 5.89. The van der Waals surface area contributed by atoms with Crippen LogP contribution in [-0.4, -0.2) is 30.0 Å². The number of non-ortho nitro benzene ring substituents is 1. The highest BCUT2D eigenvalue weighted by atomic mass is 35.5. The van der Waals surface area contributed by atoms with Crippen molar-refractivity contribution in [1.82, 2.24) is 4.72 Å². The van der Waals surface area contributed by atoms with Gasteiger partial charge in [0, 0.05) is 12.1 Å². The Morgan fingerprint density at radius 3 is 2.48 bits per heavy atom. The maximum atomic E-state index is 12.3. The van der Waals surface area contributed by atoms with Crippen molar-refractivity contribution >= 4 is 33.3 Å². The van der Waals surface area contributed by atoms with Gasteiger partial charge < -0.3 is 5.11 Å². The average Bonchev–Trinajstić information content (AvgIpc) is 2.33. The Labute approximate surface area is 124 Å². The number of rotatable bonds is 5. The molecule has 1 aromatic rings. The third-order valence-electron chi connectivity index (χ3n) is 3.36. The first kappa shape index (κ1) is 15.7. The van der Waals surface area contributed by atoms with Gasteiger partial charge in [-0.1, -0.05) is 11.6 Å². The van der Waals surface area contributed by atoms with E-state index in [1.54, 1.807) is 0 Å². The number of nitro benzene ring substituents is 1. The number of halogens is 1. The molecule has 10 heteroatoms. The summed E-state index contributed by atoms with van der Waals surface area (Å²) in [7, 11) is -4.28. The van der Waals surface area contributed by atoms with Crippen molar-refractivity contribution in [2.45, 2.75) is 29.7 Å². The third-order valence-corrected chi connectivity index (χ3v) is 5.38. The van der Waals surface area contributed by atoms with Crippen molar-refractivity contribution in [1.29, 1.82) is 0 Å². The lowest BCUT2D eigenvalue weighted by Crippen LogP contribution is -2.58. The summed E-state index contributed by atoms with van der Waals surface area (Å²) < 4.78 is 26.6. The van der Waals surface area contributed by atoms with E-state index in [9.17, 15) is 23.3 Å². The van der Waals surface area contributed by atoms with Crippen molar-refractivity contribution in [2.75, 3.05) is 0 Å². The van der Waals surface area contributed by atoms with Crippen molar-refractivity contribution in [3.8, 4) is 0 Å². The molecule has 0 unspecified atom stereocenters. The van der Waals surface area contributed by atoms with Gasteiger partial charge >= 0.3 is 5.97 Å². The van der Waals surface area contributed by atoms with Crippen LogP contribution in [0.1, 0.15) is 19.3 Å². The van der Waals surface area contributed by atoms with E-state index in [1.807, 2.05) is 0 Å². The van der Waals surface area contributed by atoms with E-state index in [2.05, 4.69) is 4.72 Å². The lowest BCUT2D eigenvalue weighted by atomic mass is 9.78. The lowest BCUT2D eigenvalue weighted by molar-refractivity contribution is -0.385. The number of nitrogens with one attached hydrogen (secondary N) is 1. The molecule has 0 spiro atoms. The summed E-state index contributed by atoms with van der Waals surface area (Å²) in [4.78, 5) is 20.6. The molecule has 0 bridgehead atoms. The van der Waals surface area contributed by atoms with Crippen molar-refractivity contribution in [3.05, 3.63) is 33.3 Å². The molecule has 1 aliphatic carbocycles. The molecule has 1 saturated carbocycles. The van der Waals surface area contributed by atoms with Gasteiger partial charge in [-0.15, -0.1) is 0 Å². The summed E-state index contributed by atoms with van der Waals surface area (Å²) in [5.41, 5.74) is -2.01. The highest BCUT2D eigenvalue weighted by molar-refractivity contribution is 7.89. The summed E-state index contributed by atoms with van der Waals surface area (Å²) in [5.74, 6) is -1.28. The molecule has 114 valence electrons. The number of carboxylic acid groups (broad SMARTS) is 1.